The Bertz CT molecular complexity index is 874. The Balaban J connectivity index is 1.67. The zero-order chi connectivity index (χ0) is 20.5. The highest BCUT2D eigenvalue weighted by atomic mass is 19.1. The molecule has 0 unspecified atom stereocenters. The van der Waals surface area contributed by atoms with Gasteiger partial charge < -0.3 is 21.1 Å². The van der Waals surface area contributed by atoms with E-state index in [2.05, 4.69) is 10.3 Å². The van der Waals surface area contributed by atoms with Gasteiger partial charge in [0.05, 0.1) is 28.9 Å². The van der Waals surface area contributed by atoms with E-state index in [1.54, 1.807) is 26.0 Å². The van der Waals surface area contributed by atoms with E-state index in [1.807, 2.05) is 4.90 Å². The molecule has 1 aromatic heterocycles. The van der Waals surface area contributed by atoms with Crippen LogP contribution in [-0.4, -0.2) is 58.3 Å². The molecule has 1 saturated heterocycles. The number of hydrogen-bond acceptors (Lipinski definition) is 5. The number of nitrogens with one attached hydrogen (secondary N) is 1. The maximum atomic E-state index is 15.1. The van der Waals surface area contributed by atoms with Crippen molar-refractivity contribution < 1.29 is 18.7 Å². The quantitative estimate of drug-likeness (QED) is 0.679. The van der Waals surface area contributed by atoms with Crippen molar-refractivity contribution >= 4 is 22.5 Å². The number of fused-ring (bicyclic) bond motifs is 1. The van der Waals surface area contributed by atoms with Crippen molar-refractivity contribution in [1.82, 2.24) is 15.2 Å². The van der Waals surface area contributed by atoms with Crippen molar-refractivity contribution in [2.75, 3.05) is 31.9 Å². The summed E-state index contributed by atoms with van der Waals surface area (Å²) in [5.74, 6) is -1.29. The maximum absolute atomic E-state index is 15.1. The summed E-state index contributed by atoms with van der Waals surface area (Å²) in [4.78, 5) is 18.7. The molecule has 1 aliphatic heterocycles. The van der Waals surface area contributed by atoms with Crippen molar-refractivity contribution in [2.24, 2.45) is 0 Å². The van der Waals surface area contributed by atoms with Crippen LogP contribution in [0.2, 0.25) is 0 Å². The third-order valence-electron chi connectivity index (χ3n) is 5.05. The Morgan fingerprint density at radius 3 is 2.75 bits per heavy atom. The van der Waals surface area contributed by atoms with Crippen LogP contribution in [0, 0.1) is 5.82 Å². The molecule has 28 heavy (non-hydrogen) atoms. The van der Waals surface area contributed by atoms with Gasteiger partial charge in [-0.25, -0.2) is 8.78 Å². The van der Waals surface area contributed by atoms with Crippen LogP contribution in [0.25, 0.3) is 10.9 Å². The molecule has 1 amide bonds. The fourth-order valence-corrected chi connectivity index (χ4v) is 3.58. The first-order chi connectivity index (χ1) is 13.1. The molecule has 2 heterocycles. The molecule has 4 N–H and O–H groups in total. The molecule has 6 nitrogen and oxygen atoms in total. The van der Waals surface area contributed by atoms with E-state index in [9.17, 15) is 14.3 Å². The van der Waals surface area contributed by atoms with Gasteiger partial charge >= 0.3 is 0 Å². The summed E-state index contributed by atoms with van der Waals surface area (Å²) in [6.45, 7) is 4.73. The Morgan fingerprint density at radius 2 is 2.11 bits per heavy atom. The molecule has 2 aromatic rings. The van der Waals surface area contributed by atoms with Crippen LogP contribution in [0.3, 0.4) is 0 Å². The van der Waals surface area contributed by atoms with Gasteiger partial charge in [-0.2, -0.15) is 0 Å². The highest BCUT2D eigenvalue weighted by Gasteiger charge is 2.36. The minimum absolute atomic E-state index is 0.0327. The molecule has 0 saturated carbocycles. The zero-order valence-corrected chi connectivity index (χ0v) is 16.1. The van der Waals surface area contributed by atoms with Crippen LogP contribution in [0.5, 0.6) is 0 Å². The van der Waals surface area contributed by atoms with Crippen LogP contribution >= 0.6 is 0 Å². The monoisotopic (exact) mass is 392 g/mol. The van der Waals surface area contributed by atoms with Gasteiger partial charge in [0.1, 0.15) is 11.5 Å². The molecule has 0 aliphatic carbocycles. The third-order valence-corrected chi connectivity index (χ3v) is 5.05. The normalized spacial score (nSPS) is 17.6. The number of benzene rings is 1. The number of amides is 1. The number of rotatable bonds is 5. The number of carbonyl (C=O) groups is 1. The number of alkyl halides is 1. The van der Waals surface area contributed by atoms with E-state index in [1.165, 1.54) is 6.20 Å². The lowest BCUT2D eigenvalue weighted by Crippen LogP contribution is -2.50. The molecule has 0 radical (unpaired) electrons. The Morgan fingerprint density at radius 1 is 1.43 bits per heavy atom. The number of piperidine rings is 1. The summed E-state index contributed by atoms with van der Waals surface area (Å²) >= 11 is 0. The minimum Gasteiger partial charge on any atom is -0.396 e. The number of halogens is 2. The van der Waals surface area contributed by atoms with Gasteiger partial charge in [0.2, 0.25) is 0 Å². The van der Waals surface area contributed by atoms with Crippen molar-refractivity contribution in [3.8, 4) is 0 Å². The number of likely N-dealkylation sites (tertiary alicyclic amines) is 1. The molecule has 0 bridgehead atoms. The number of nitrogen functional groups attached to an aromatic ring is 1. The highest BCUT2D eigenvalue weighted by molar-refractivity contribution is 6.08. The number of hydrogen-bond donors (Lipinski definition) is 3. The fourth-order valence-electron chi connectivity index (χ4n) is 3.58. The van der Waals surface area contributed by atoms with Crippen LogP contribution in [0.1, 0.15) is 37.0 Å². The van der Waals surface area contributed by atoms with Crippen LogP contribution in [0.15, 0.2) is 24.4 Å². The molecule has 0 atom stereocenters. The first-order valence-corrected chi connectivity index (χ1v) is 9.33. The smallest absolute Gasteiger partial charge is 0.253 e. The predicted molar refractivity (Wildman–Crippen MR) is 104 cm³/mol. The number of aromatic nitrogens is 1. The standard InChI is InChI=1S/C20H26F2N4O2/c1-19(2,28)12-26-8-5-20(22,6-9-26)11-25-18(27)14-10-15(21)16(23)13-4-3-7-24-17(13)14/h3-4,7,10,28H,5-6,8-9,11-12,23H2,1-2H3,(H,25,27). The highest BCUT2D eigenvalue weighted by Crippen LogP contribution is 2.28. The van der Waals surface area contributed by atoms with Gasteiger partial charge in [-0.15, -0.1) is 0 Å². The van der Waals surface area contributed by atoms with Crippen LogP contribution in [0.4, 0.5) is 14.5 Å². The van der Waals surface area contributed by atoms with Crippen molar-refractivity contribution in [1.29, 1.82) is 0 Å². The largest absolute Gasteiger partial charge is 0.396 e. The average molecular weight is 392 g/mol. The molecule has 1 aromatic carbocycles. The van der Waals surface area contributed by atoms with Crippen LogP contribution < -0.4 is 11.1 Å². The van der Waals surface area contributed by atoms with E-state index < -0.39 is 23.0 Å². The second kappa shape index (κ2) is 7.60. The summed E-state index contributed by atoms with van der Waals surface area (Å²) in [6.07, 6.45) is 1.99. The third kappa shape index (κ3) is 4.56. The SMILES string of the molecule is CC(C)(O)CN1CCC(F)(CNC(=O)c2cc(F)c(N)c3cccnc23)CC1. The predicted octanol–water partition coefficient (Wildman–Crippen LogP) is 2.26. The summed E-state index contributed by atoms with van der Waals surface area (Å²) in [7, 11) is 0. The fraction of sp³-hybridized carbons (Fsp3) is 0.500. The van der Waals surface area contributed by atoms with E-state index in [0.717, 1.165) is 6.07 Å². The Labute approximate surface area is 162 Å². The number of anilines is 1. The Kier molecular flexibility index (Phi) is 5.54. The van der Waals surface area contributed by atoms with E-state index in [4.69, 9.17) is 5.73 Å². The van der Waals surface area contributed by atoms with Crippen molar-refractivity contribution in [3.05, 3.63) is 35.8 Å². The topological polar surface area (TPSA) is 91.5 Å². The summed E-state index contributed by atoms with van der Waals surface area (Å²) in [5.41, 5.74) is 3.60. The molecule has 3 rings (SSSR count). The summed E-state index contributed by atoms with van der Waals surface area (Å²) in [5, 5.41) is 12.8. The van der Waals surface area contributed by atoms with Gasteiger partial charge in [0.25, 0.3) is 5.91 Å². The molecule has 1 fully saturated rings. The first kappa shape index (κ1) is 20.4. The average Bonchev–Trinajstić information content (AvgIpc) is 2.64. The van der Waals surface area contributed by atoms with E-state index >= 15 is 4.39 Å². The van der Waals surface area contributed by atoms with Gasteiger partial charge in [0.15, 0.2) is 0 Å². The van der Waals surface area contributed by atoms with Crippen molar-refractivity contribution in [3.63, 3.8) is 0 Å². The number of aliphatic hydroxyl groups is 1. The molecule has 1 aliphatic rings. The molecular weight excluding hydrogens is 366 g/mol. The lowest BCUT2D eigenvalue weighted by atomic mass is 9.92. The molecule has 152 valence electrons. The van der Waals surface area contributed by atoms with Crippen LogP contribution in [-0.2, 0) is 0 Å². The second-order valence-electron chi connectivity index (χ2n) is 8.14. The van der Waals surface area contributed by atoms with Gasteiger partial charge in [-0.05, 0) is 44.9 Å². The van der Waals surface area contributed by atoms with Gasteiger partial charge in [0, 0.05) is 31.2 Å². The van der Waals surface area contributed by atoms with E-state index in [0.29, 0.717) is 25.0 Å². The second-order valence-corrected chi connectivity index (χ2v) is 8.14. The lowest BCUT2D eigenvalue weighted by molar-refractivity contribution is -0.000321. The van der Waals surface area contributed by atoms with Gasteiger partial charge in [-0.3, -0.25) is 9.78 Å². The molecule has 0 spiro atoms. The summed E-state index contributed by atoms with van der Waals surface area (Å²) in [6, 6.07) is 4.24. The Hall–Kier alpha value is -2.32. The van der Waals surface area contributed by atoms with Gasteiger partial charge in [-0.1, -0.05) is 0 Å². The lowest BCUT2D eigenvalue weighted by Gasteiger charge is -2.38. The first-order valence-electron chi connectivity index (χ1n) is 9.33. The molecule has 8 heteroatoms. The van der Waals surface area contributed by atoms with E-state index in [-0.39, 0.29) is 36.2 Å². The zero-order valence-electron chi connectivity index (χ0n) is 16.1. The maximum Gasteiger partial charge on any atom is 0.253 e. The van der Waals surface area contributed by atoms with Crippen molar-refractivity contribution in [2.45, 2.75) is 38.0 Å². The molecular formula is C20H26F2N4O2. The number of nitrogens with zero attached hydrogens (tertiary/aromatic N) is 2. The number of β-amino-alcohol motifs (C(OH)–C–C–N with tert-alkyl or cyclic N) is 1. The minimum atomic E-state index is -1.54. The number of pyridine rings is 1. The number of nitrogens with two attached hydrogens (primary N) is 1. The summed E-state index contributed by atoms with van der Waals surface area (Å²) < 4.78 is 29.2. The number of carbonyl (C=O) groups excluding carboxylic acids is 1.